The first-order chi connectivity index (χ1) is 10.5. The Morgan fingerprint density at radius 1 is 1.23 bits per heavy atom. The van der Waals surface area contributed by atoms with Gasteiger partial charge in [-0.1, -0.05) is 37.3 Å². The molecule has 0 heterocycles. The zero-order valence-electron chi connectivity index (χ0n) is 12.6. The van der Waals surface area contributed by atoms with Gasteiger partial charge in [-0.05, 0) is 30.5 Å². The molecule has 2 aromatic rings. The highest BCUT2D eigenvalue weighted by Gasteiger charge is 2.19. The van der Waals surface area contributed by atoms with E-state index in [0.717, 1.165) is 5.56 Å². The predicted octanol–water partition coefficient (Wildman–Crippen LogP) is 4.04. The Kier molecular flexibility index (Phi) is 4.88. The van der Waals surface area contributed by atoms with Gasteiger partial charge in [-0.3, -0.25) is 14.9 Å². The monoisotopic (exact) mass is 298 g/mol. The molecule has 0 spiro atoms. The molecule has 1 N–H and O–H groups in total. The largest absolute Gasteiger partial charge is 0.325 e. The van der Waals surface area contributed by atoms with E-state index < -0.39 is 4.92 Å². The Labute approximate surface area is 129 Å². The number of non-ortho nitro benzene ring substituents is 1. The van der Waals surface area contributed by atoms with Crippen molar-refractivity contribution in [1.29, 1.82) is 0 Å². The number of nitrogens with zero attached hydrogens (tertiary/aromatic N) is 1. The maximum atomic E-state index is 12.5. The van der Waals surface area contributed by atoms with Crippen LogP contribution in [-0.2, 0) is 4.79 Å². The predicted molar refractivity (Wildman–Crippen MR) is 85.9 cm³/mol. The number of nitro benzene ring substituents is 1. The molecule has 0 aliphatic heterocycles. The second-order valence-electron chi connectivity index (χ2n) is 5.12. The van der Waals surface area contributed by atoms with Crippen molar-refractivity contribution < 1.29 is 9.72 Å². The highest BCUT2D eigenvalue weighted by atomic mass is 16.6. The Balaban J connectivity index is 2.19. The third kappa shape index (κ3) is 3.49. The first-order valence-electron chi connectivity index (χ1n) is 7.13. The minimum Gasteiger partial charge on any atom is -0.325 e. The van der Waals surface area contributed by atoms with Gasteiger partial charge >= 0.3 is 0 Å². The van der Waals surface area contributed by atoms with Crippen LogP contribution in [0.15, 0.2) is 48.5 Å². The first kappa shape index (κ1) is 15.7. The highest BCUT2D eigenvalue weighted by Crippen LogP contribution is 2.25. The van der Waals surface area contributed by atoms with Crippen molar-refractivity contribution in [3.8, 4) is 0 Å². The average molecular weight is 298 g/mol. The molecule has 5 heteroatoms. The van der Waals surface area contributed by atoms with E-state index in [-0.39, 0.29) is 17.5 Å². The number of carbonyl (C=O) groups excluding carboxylic acids is 1. The SMILES string of the molecule is CC[C@H](C(=O)Nc1ccc([N+](=O)[O-])cc1C)c1ccccc1. The molecule has 5 nitrogen and oxygen atoms in total. The number of nitrogens with one attached hydrogen (secondary N) is 1. The van der Waals surface area contributed by atoms with Gasteiger partial charge in [0.1, 0.15) is 0 Å². The van der Waals surface area contributed by atoms with E-state index >= 15 is 0 Å². The zero-order valence-corrected chi connectivity index (χ0v) is 12.6. The van der Waals surface area contributed by atoms with E-state index in [1.54, 1.807) is 13.0 Å². The van der Waals surface area contributed by atoms with Crippen LogP contribution in [0.2, 0.25) is 0 Å². The van der Waals surface area contributed by atoms with E-state index in [1.165, 1.54) is 12.1 Å². The van der Waals surface area contributed by atoms with Crippen LogP contribution in [0.4, 0.5) is 11.4 Å². The Hall–Kier alpha value is -2.69. The van der Waals surface area contributed by atoms with Crippen molar-refractivity contribution in [2.45, 2.75) is 26.2 Å². The van der Waals surface area contributed by atoms with Gasteiger partial charge in [-0.25, -0.2) is 0 Å². The molecule has 2 aromatic carbocycles. The van der Waals surface area contributed by atoms with Gasteiger partial charge in [0.25, 0.3) is 5.69 Å². The summed E-state index contributed by atoms with van der Waals surface area (Å²) in [6, 6.07) is 14.0. The third-order valence-corrected chi connectivity index (χ3v) is 3.61. The van der Waals surface area contributed by atoms with Crippen molar-refractivity contribution in [1.82, 2.24) is 0 Å². The summed E-state index contributed by atoms with van der Waals surface area (Å²) in [4.78, 5) is 22.8. The average Bonchev–Trinajstić information content (AvgIpc) is 2.51. The zero-order chi connectivity index (χ0) is 16.1. The van der Waals surface area contributed by atoms with Crippen LogP contribution in [0.3, 0.4) is 0 Å². The number of aryl methyl sites for hydroxylation is 1. The van der Waals surface area contributed by atoms with Gasteiger partial charge in [0.2, 0.25) is 5.91 Å². The molecule has 1 atom stereocenters. The number of benzene rings is 2. The van der Waals surface area contributed by atoms with Crippen molar-refractivity contribution >= 4 is 17.3 Å². The molecule has 0 radical (unpaired) electrons. The lowest BCUT2D eigenvalue weighted by atomic mass is 9.95. The fourth-order valence-corrected chi connectivity index (χ4v) is 2.38. The van der Waals surface area contributed by atoms with Crippen molar-refractivity contribution in [3.05, 3.63) is 69.8 Å². The van der Waals surface area contributed by atoms with Crippen molar-refractivity contribution in [2.75, 3.05) is 5.32 Å². The molecular formula is C17H18N2O3. The molecule has 0 saturated heterocycles. The fourth-order valence-electron chi connectivity index (χ4n) is 2.38. The van der Waals surface area contributed by atoms with Gasteiger partial charge in [0, 0.05) is 17.8 Å². The molecule has 22 heavy (non-hydrogen) atoms. The van der Waals surface area contributed by atoms with Gasteiger partial charge in [-0.15, -0.1) is 0 Å². The lowest BCUT2D eigenvalue weighted by Crippen LogP contribution is -2.21. The number of amides is 1. The van der Waals surface area contributed by atoms with Crippen LogP contribution in [0.25, 0.3) is 0 Å². The van der Waals surface area contributed by atoms with Crippen LogP contribution < -0.4 is 5.32 Å². The maximum absolute atomic E-state index is 12.5. The quantitative estimate of drug-likeness (QED) is 0.669. The summed E-state index contributed by atoms with van der Waals surface area (Å²) in [6.07, 6.45) is 0.682. The van der Waals surface area contributed by atoms with Gasteiger partial charge in [-0.2, -0.15) is 0 Å². The molecule has 0 saturated carbocycles. The Bertz CT molecular complexity index is 684. The summed E-state index contributed by atoms with van der Waals surface area (Å²) in [7, 11) is 0. The topological polar surface area (TPSA) is 72.2 Å². The molecular weight excluding hydrogens is 280 g/mol. The summed E-state index contributed by atoms with van der Waals surface area (Å²) in [5.74, 6) is -0.346. The van der Waals surface area contributed by atoms with Gasteiger partial charge in [0.05, 0.1) is 10.8 Å². The lowest BCUT2D eigenvalue weighted by molar-refractivity contribution is -0.384. The number of carbonyl (C=O) groups is 1. The molecule has 2 rings (SSSR count). The molecule has 0 bridgehead atoms. The second-order valence-corrected chi connectivity index (χ2v) is 5.12. The summed E-state index contributed by atoms with van der Waals surface area (Å²) in [6.45, 7) is 3.70. The minimum absolute atomic E-state index is 0.0191. The second kappa shape index (κ2) is 6.85. The Morgan fingerprint density at radius 2 is 1.91 bits per heavy atom. The molecule has 0 aliphatic rings. The molecule has 0 unspecified atom stereocenters. The third-order valence-electron chi connectivity index (χ3n) is 3.61. The van der Waals surface area contributed by atoms with E-state index in [0.29, 0.717) is 17.7 Å². The minimum atomic E-state index is -0.447. The number of rotatable bonds is 5. The van der Waals surface area contributed by atoms with Crippen LogP contribution in [0, 0.1) is 17.0 Å². The summed E-state index contributed by atoms with van der Waals surface area (Å²) < 4.78 is 0. The Morgan fingerprint density at radius 3 is 2.45 bits per heavy atom. The molecule has 114 valence electrons. The van der Waals surface area contributed by atoms with E-state index in [9.17, 15) is 14.9 Å². The number of anilines is 1. The molecule has 0 aromatic heterocycles. The van der Waals surface area contributed by atoms with E-state index in [2.05, 4.69) is 5.32 Å². The molecule has 1 amide bonds. The summed E-state index contributed by atoms with van der Waals surface area (Å²) in [5.41, 5.74) is 2.25. The van der Waals surface area contributed by atoms with Crippen LogP contribution >= 0.6 is 0 Å². The van der Waals surface area contributed by atoms with Crippen LogP contribution in [-0.4, -0.2) is 10.8 Å². The number of nitro groups is 1. The smallest absolute Gasteiger partial charge is 0.269 e. The van der Waals surface area contributed by atoms with Gasteiger partial charge < -0.3 is 5.32 Å². The summed E-state index contributed by atoms with van der Waals surface area (Å²) >= 11 is 0. The molecule has 0 fully saturated rings. The van der Waals surface area contributed by atoms with E-state index in [4.69, 9.17) is 0 Å². The van der Waals surface area contributed by atoms with Crippen LogP contribution in [0.1, 0.15) is 30.4 Å². The van der Waals surface area contributed by atoms with Crippen molar-refractivity contribution in [2.24, 2.45) is 0 Å². The highest BCUT2D eigenvalue weighted by molar-refractivity contribution is 5.96. The normalized spacial score (nSPS) is 11.7. The lowest BCUT2D eigenvalue weighted by Gasteiger charge is -2.16. The number of hydrogen-bond donors (Lipinski definition) is 1. The molecule has 0 aliphatic carbocycles. The number of hydrogen-bond acceptors (Lipinski definition) is 3. The van der Waals surface area contributed by atoms with E-state index in [1.807, 2.05) is 37.3 Å². The van der Waals surface area contributed by atoms with Crippen LogP contribution in [0.5, 0.6) is 0 Å². The first-order valence-corrected chi connectivity index (χ1v) is 7.13. The van der Waals surface area contributed by atoms with Crippen molar-refractivity contribution in [3.63, 3.8) is 0 Å². The maximum Gasteiger partial charge on any atom is 0.269 e. The summed E-state index contributed by atoms with van der Waals surface area (Å²) in [5, 5.41) is 13.6. The van der Waals surface area contributed by atoms with Gasteiger partial charge in [0.15, 0.2) is 0 Å². The fraction of sp³-hybridized carbons (Fsp3) is 0.235. The standard InChI is InChI=1S/C17H18N2O3/c1-3-15(13-7-5-4-6-8-13)17(20)18-16-10-9-14(19(21)22)11-12(16)2/h4-11,15H,3H2,1-2H3,(H,18,20)/t15-/m0/s1.